The highest BCUT2D eigenvalue weighted by molar-refractivity contribution is 6.15. The zero-order chi connectivity index (χ0) is 28.4. The molecule has 0 saturated carbocycles. The van der Waals surface area contributed by atoms with Crippen molar-refractivity contribution >= 4 is 38.7 Å². The van der Waals surface area contributed by atoms with Gasteiger partial charge in [0.2, 0.25) is 5.91 Å². The van der Waals surface area contributed by atoms with Crippen LogP contribution in [0.3, 0.4) is 0 Å². The molecule has 0 spiro atoms. The standard InChI is InChI=1S/C35H32FN5O/c36-24-10-13-29-30(19-24)39-35(38-29)28-5-3-7-32-33(28)27-4-1-2-6-31(27)41(32)25-11-12-26(34(37)42)22(18-25)8-9-23-20-40-16-14-21(23)15-17-40/h1-7,10-13,18-19,21,23H,8-9,14-17,20H2,(H2,37,42)(H,38,39)/t23-/m0/s1. The minimum absolute atomic E-state index is 0.295. The average molecular weight is 558 g/mol. The largest absolute Gasteiger partial charge is 0.366 e. The van der Waals surface area contributed by atoms with Crippen LogP contribution in [0.5, 0.6) is 0 Å². The van der Waals surface area contributed by atoms with Crippen LogP contribution < -0.4 is 5.73 Å². The number of nitrogens with one attached hydrogen (secondary N) is 1. The Balaban J connectivity index is 1.26. The summed E-state index contributed by atoms with van der Waals surface area (Å²) in [6.45, 7) is 3.62. The van der Waals surface area contributed by atoms with E-state index in [1.807, 2.05) is 30.3 Å². The number of benzene rings is 4. The number of rotatable bonds is 6. The van der Waals surface area contributed by atoms with Gasteiger partial charge in [-0.25, -0.2) is 9.37 Å². The van der Waals surface area contributed by atoms with Gasteiger partial charge in [0.1, 0.15) is 11.6 Å². The van der Waals surface area contributed by atoms with Crippen LogP contribution in [-0.2, 0) is 6.42 Å². The summed E-state index contributed by atoms with van der Waals surface area (Å²) in [4.78, 5) is 23.2. The van der Waals surface area contributed by atoms with E-state index in [9.17, 15) is 9.18 Å². The van der Waals surface area contributed by atoms with Crippen molar-refractivity contribution in [3.05, 3.63) is 95.8 Å². The maximum Gasteiger partial charge on any atom is 0.248 e. The number of aromatic amines is 1. The van der Waals surface area contributed by atoms with Crippen molar-refractivity contribution in [1.82, 2.24) is 19.4 Å². The fourth-order valence-electron chi connectivity index (χ4n) is 7.53. The van der Waals surface area contributed by atoms with Gasteiger partial charge in [-0.15, -0.1) is 0 Å². The first-order chi connectivity index (χ1) is 20.5. The molecule has 3 saturated heterocycles. The van der Waals surface area contributed by atoms with E-state index in [1.165, 1.54) is 44.6 Å². The zero-order valence-corrected chi connectivity index (χ0v) is 23.3. The molecule has 3 fully saturated rings. The molecule has 0 unspecified atom stereocenters. The van der Waals surface area contributed by atoms with Crippen molar-refractivity contribution in [1.29, 1.82) is 0 Å². The quantitative estimate of drug-likeness (QED) is 0.235. The van der Waals surface area contributed by atoms with Gasteiger partial charge in [0.15, 0.2) is 0 Å². The van der Waals surface area contributed by atoms with Crippen molar-refractivity contribution in [3.8, 4) is 17.1 Å². The van der Waals surface area contributed by atoms with Crippen LogP contribution in [0, 0.1) is 17.7 Å². The summed E-state index contributed by atoms with van der Waals surface area (Å²) in [7, 11) is 0. The monoisotopic (exact) mass is 557 g/mol. The number of primary amides is 1. The van der Waals surface area contributed by atoms with E-state index in [0.29, 0.717) is 22.8 Å². The number of amides is 1. The summed E-state index contributed by atoms with van der Waals surface area (Å²) in [6.07, 6.45) is 4.47. The Labute approximate surface area is 243 Å². The predicted octanol–water partition coefficient (Wildman–Crippen LogP) is 6.84. The molecular formula is C35H32FN5O. The first kappa shape index (κ1) is 25.2. The number of aromatic nitrogens is 3. The molecule has 6 nitrogen and oxygen atoms in total. The second-order valence-corrected chi connectivity index (χ2v) is 11.9. The number of imidazole rings is 1. The van der Waals surface area contributed by atoms with E-state index >= 15 is 0 Å². The number of hydrogen-bond donors (Lipinski definition) is 2. The summed E-state index contributed by atoms with van der Waals surface area (Å²) < 4.78 is 16.2. The third-order valence-electron chi connectivity index (χ3n) is 9.59. The molecule has 1 amide bonds. The van der Waals surface area contributed by atoms with E-state index in [0.717, 1.165) is 62.9 Å². The molecule has 1 atom stereocenters. The lowest BCUT2D eigenvalue weighted by molar-refractivity contribution is 0.0469. The molecule has 2 aromatic heterocycles. The highest BCUT2D eigenvalue weighted by Crippen LogP contribution is 2.39. The molecule has 210 valence electrons. The van der Waals surface area contributed by atoms with Crippen molar-refractivity contribution < 1.29 is 9.18 Å². The number of nitrogens with zero attached hydrogens (tertiary/aromatic N) is 3. The topological polar surface area (TPSA) is 79.9 Å². The first-order valence-corrected chi connectivity index (χ1v) is 14.9. The summed E-state index contributed by atoms with van der Waals surface area (Å²) >= 11 is 0. The second-order valence-electron chi connectivity index (χ2n) is 11.9. The Bertz CT molecular complexity index is 2000. The molecule has 6 aromatic rings. The minimum atomic E-state index is -0.378. The molecule has 3 aliphatic rings. The summed E-state index contributed by atoms with van der Waals surface area (Å²) in [5.41, 5.74) is 12.9. The maximum absolute atomic E-state index is 13.9. The van der Waals surface area contributed by atoms with Crippen LogP contribution in [0.2, 0.25) is 0 Å². The van der Waals surface area contributed by atoms with Gasteiger partial charge < -0.3 is 20.2 Å². The normalized spacial score (nSPS) is 20.2. The van der Waals surface area contributed by atoms with Crippen molar-refractivity contribution in [2.45, 2.75) is 25.7 Å². The Morgan fingerprint density at radius 3 is 2.62 bits per heavy atom. The molecule has 0 radical (unpaired) electrons. The van der Waals surface area contributed by atoms with E-state index in [4.69, 9.17) is 10.7 Å². The van der Waals surface area contributed by atoms with Gasteiger partial charge in [-0.1, -0.05) is 30.3 Å². The molecular weight excluding hydrogens is 525 g/mol. The highest BCUT2D eigenvalue weighted by atomic mass is 19.1. The van der Waals surface area contributed by atoms with Gasteiger partial charge in [0, 0.05) is 34.1 Å². The van der Waals surface area contributed by atoms with Crippen LogP contribution in [-0.4, -0.2) is 45.0 Å². The molecule has 9 rings (SSSR count). The van der Waals surface area contributed by atoms with E-state index in [-0.39, 0.29) is 11.7 Å². The lowest BCUT2D eigenvalue weighted by atomic mass is 9.76. The van der Waals surface area contributed by atoms with Gasteiger partial charge in [-0.2, -0.15) is 0 Å². The Kier molecular flexibility index (Phi) is 5.89. The SMILES string of the molecule is NC(=O)c1ccc(-n2c3ccccc3c3c(-c4nc5ccc(F)cc5[nH]4)cccc32)cc1CC[C@H]1CN2CCC1CC2. The van der Waals surface area contributed by atoms with Gasteiger partial charge >= 0.3 is 0 Å². The number of carbonyl (C=O) groups excluding carboxylic acids is 1. The molecule has 3 N–H and O–H groups in total. The van der Waals surface area contributed by atoms with Crippen LogP contribution in [0.1, 0.15) is 35.2 Å². The third-order valence-corrected chi connectivity index (χ3v) is 9.59. The number of hydrogen-bond acceptors (Lipinski definition) is 3. The number of aryl methyl sites for hydroxylation is 1. The van der Waals surface area contributed by atoms with Gasteiger partial charge in [-0.05, 0) is 105 Å². The van der Waals surface area contributed by atoms with Crippen LogP contribution in [0.4, 0.5) is 4.39 Å². The number of piperidine rings is 3. The fraction of sp³-hybridized carbons (Fsp3) is 0.257. The van der Waals surface area contributed by atoms with Gasteiger partial charge in [0.25, 0.3) is 0 Å². The number of carbonyl (C=O) groups is 1. The molecule has 0 aliphatic carbocycles. The number of fused-ring (bicyclic) bond motifs is 7. The molecule has 2 bridgehead atoms. The summed E-state index contributed by atoms with van der Waals surface area (Å²) in [5, 5.41) is 2.17. The van der Waals surface area contributed by atoms with E-state index in [1.54, 1.807) is 6.07 Å². The van der Waals surface area contributed by atoms with Gasteiger partial charge in [-0.3, -0.25) is 4.79 Å². The van der Waals surface area contributed by atoms with E-state index < -0.39 is 0 Å². The molecule has 4 aromatic carbocycles. The maximum atomic E-state index is 13.9. The molecule has 3 aliphatic heterocycles. The Hall–Kier alpha value is -4.49. The Morgan fingerprint density at radius 2 is 1.81 bits per heavy atom. The number of H-pyrrole nitrogens is 1. The Morgan fingerprint density at radius 1 is 0.976 bits per heavy atom. The lowest BCUT2D eigenvalue weighted by Crippen LogP contribution is -2.47. The average Bonchev–Trinajstić information content (AvgIpc) is 3.59. The number of halogens is 1. The van der Waals surface area contributed by atoms with Gasteiger partial charge in [0.05, 0.1) is 22.1 Å². The van der Waals surface area contributed by atoms with Crippen molar-refractivity contribution in [2.75, 3.05) is 19.6 Å². The predicted molar refractivity (Wildman–Crippen MR) is 165 cm³/mol. The first-order valence-electron chi connectivity index (χ1n) is 14.9. The summed E-state index contributed by atoms with van der Waals surface area (Å²) in [6, 6.07) is 25.2. The fourth-order valence-corrected chi connectivity index (χ4v) is 7.53. The van der Waals surface area contributed by atoms with Crippen molar-refractivity contribution in [3.63, 3.8) is 0 Å². The van der Waals surface area contributed by atoms with Crippen LogP contribution in [0.25, 0.3) is 49.9 Å². The third kappa shape index (κ3) is 4.10. The van der Waals surface area contributed by atoms with E-state index in [2.05, 4.69) is 44.8 Å². The lowest BCUT2D eigenvalue weighted by Gasteiger charge is -2.45. The zero-order valence-electron chi connectivity index (χ0n) is 23.3. The van der Waals surface area contributed by atoms with Crippen molar-refractivity contribution in [2.24, 2.45) is 17.6 Å². The minimum Gasteiger partial charge on any atom is -0.366 e. The number of para-hydroxylation sites is 1. The molecule has 42 heavy (non-hydrogen) atoms. The molecule has 5 heterocycles. The molecule has 7 heteroatoms. The smallest absolute Gasteiger partial charge is 0.248 e. The summed E-state index contributed by atoms with van der Waals surface area (Å²) in [5.74, 6) is 1.49. The van der Waals surface area contributed by atoms with Crippen LogP contribution in [0.15, 0.2) is 78.9 Å². The van der Waals surface area contributed by atoms with Crippen LogP contribution >= 0.6 is 0 Å². The highest BCUT2D eigenvalue weighted by Gasteiger charge is 2.33. The second kappa shape index (κ2) is 9.81. The number of nitrogens with two attached hydrogens (primary N) is 1.